The lowest BCUT2D eigenvalue weighted by molar-refractivity contribution is 1.14. The summed E-state index contributed by atoms with van der Waals surface area (Å²) >= 11 is 0. The molecule has 0 aliphatic rings. The smallest absolute Gasteiger partial charge is 0.0316 e. The van der Waals surface area contributed by atoms with Gasteiger partial charge in [-0.15, -0.1) is 0 Å². The average Bonchev–Trinajstić information content (AvgIpc) is 2.31. The Bertz CT molecular complexity index is 390. The summed E-state index contributed by atoms with van der Waals surface area (Å²) in [6, 6.07) is 18.3. The van der Waals surface area contributed by atoms with Crippen molar-refractivity contribution >= 4 is 5.69 Å². The van der Waals surface area contributed by atoms with Crippen LogP contribution in [0.4, 0.5) is 5.69 Å². The van der Waals surface area contributed by atoms with Crippen molar-refractivity contribution in [2.75, 3.05) is 5.73 Å². The Labute approximate surface area is 97.9 Å². The number of aryl methyl sites for hydroxylation is 2. The molecule has 0 unspecified atom stereocenters. The quantitative estimate of drug-likeness (QED) is 0.716. The van der Waals surface area contributed by atoms with Gasteiger partial charge < -0.3 is 5.73 Å². The molecule has 2 aromatic carbocycles. The Kier molecular flexibility index (Phi) is 5.13. The van der Waals surface area contributed by atoms with Gasteiger partial charge in [0.2, 0.25) is 0 Å². The SMILES string of the molecule is CCc1ccccc1.Cc1cccc(N)c1. The first-order chi connectivity index (χ1) is 7.72. The van der Waals surface area contributed by atoms with Gasteiger partial charge in [0.1, 0.15) is 0 Å². The molecule has 0 aromatic heterocycles. The van der Waals surface area contributed by atoms with Gasteiger partial charge in [-0.05, 0) is 36.6 Å². The van der Waals surface area contributed by atoms with Gasteiger partial charge in [-0.2, -0.15) is 0 Å². The van der Waals surface area contributed by atoms with Crippen molar-refractivity contribution in [2.45, 2.75) is 20.3 Å². The average molecular weight is 213 g/mol. The van der Waals surface area contributed by atoms with Gasteiger partial charge in [0, 0.05) is 5.69 Å². The van der Waals surface area contributed by atoms with Crippen LogP contribution in [0.2, 0.25) is 0 Å². The number of anilines is 1. The number of rotatable bonds is 1. The van der Waals surface area contributed by atoms with Crippen molar-refractivity contribution in [3.8, 4) is 0 Å². The van der Waals surface area contributed by atoms with E-state index in [4.69, 9.17) is 5.73 Å². The van der Waals surface area contributed by atoms with Crippen LogP contribution >= 0.6 is 0 Å². The molecule has 0 bridgehead atoms. The summed E-state index contributed by atoms with van der Waals surface area (Å²) < 4.78 is 0. The highest BCUT2D eigenvalue weighted by atomic mass is 14.5. The lowest BCUT2D eigenvalue weighted by Gasteiger charge is -1.91. The van der Waals surface area contributed by atoms with Gasteiger partial charge in [0.05, 0.1) is 0 Å². The van der Waals surface area contributed by atoms with E-state index in [1.165, 1.54) is 11.1 Å². The summed E-state index contributed by atoms with van der Waals surface area (Å²) in [6.07, 6.45) is 1.14. The van der Waals surface area contributed by atoms with E-state index < -0.39 is 0 Å². The van der Waals surface area contributed by atoms with Crippen LogP contribution in [0.1, 0.15) is 18.1 Å². The largest absolute Gasteiger partial charge is 0.399 e. The number of benzene rings is 2. The molecule has 0 aliphatic heterocycles. The molecule has 0 saturated carbocycles. The van der Waals surface area contributed by atoms with Crippen LogP contribution in [0.5, 0.6) is 0 Å². The molecule has 2 N–H and O–H groups in total. The molecule has 0 atom stereocenters. The molecule has 0 fully saturated rings. The fourth-order valence-corrected chi connectivity index (χ4v) is 1.38. The van der Waals surface area contributed by atoms with Gasteiger partial charge >= 0.3 is 0 Å². The number of hydrogen-bond acceptors (Lipinski definition) is 1. The van der Waals surface area contributed by atoms with E-state index in [1.54, 1.807) is 0 Å². The highest BCUT2D eigenvalue weighted by Gasteiger charge is 1.81. The first kappa shape index (κ1) is 12.3. The molecule has 0 saturated heterocycles. The van der Waals surface area contributed by atoms with E-state index in [9.17, 15) is 0 Å². The van der Waals surface area contributed by atoms with E-state index >= 15 is 0 Å². The summed E-state index contributed by atoms with van der Waals surface area (Å²) in [5, 5.41) is 0. The first-order valence-corrected chi connectivity index (χ1v) is 5.58. The molecule has 0 heterocycles. The van der Waals surface area contributed by atoms with Crippen molar-refractivity contribution in [3.05, 3.63) is 65.7 Å². The van der Waals surface area contributed by atoms with Crippen LogP contribution in [0, 0.1) is 6.92 Å². The Morgan fingerprint density at radius 1 is 0.938 bits per heavy atom. The van der Waals surface area contributed by atoms with Crippen LogP contribution in [0.15, 0.2) is 54.6 Å². The molecule has 1 heteroatoms. The molecule has 2 aromatic rings. The monoisotopic (exact) mass is 213 g/mol. The van der Waals surface area contributed by atoms with E-state index in [2.05, 4.69) is 31.2 Å². The molecule has 1 nitrogen and oxygen atoms in total. The minimum Gasteiger partial charge on any atom is -0.399 e. The van der Waals surface area contributed by atoms with E-state index in [1.807, 2.05) is 37.3 Å². The van der Waals surface area contributed by atoms with Crippen LogP contribution in [-0.4, -0.2) is 0 Å². The standard InChI is InChI=1S/C8H10.C7H9N/c1-2-8-6-4-3-5-7-8;1-6-3-2-4-7(8)5-6/h3-7H,2H2,1H3;2-5H,8H2,1H3. The van der Waals surface area contributed by atoms with Gasteiger partial charge in [-0.3, -0.25) is 0 Å². The number of nitrogens with two attached hydrogens (primary N) is 1. The van der Waals surface area contributed by atoms with Crippen LogP contribution in [0.25, 0.3) is 0 Å². The predicted molar refractivity (Wildman–Crippen MR) is 71.4 cm³/mol. The maximum Gasteiger partial charge on any atom is 0.0316 e. The van der Waals surface area contributed by atoms with Crippen LogP contribution < -0.4 is 5.73 Å². The summed E-state index contributed by atoms with van der Waals surface area (Å²) in [6.45, 7) is 4.19. The summed E-state index contributed by atoms with van der Waals surface area (Å²) in [5.41, 5.74) is 8.92. The Morgan fingerprint density at radius 2 is 1.62 bits per heavy atom. The fourth-order valence-electron chi connectivity index (χ4n) is 1.38. The minimum absolute atomic E-state index is 0.838. The maximum atomic E-state index is 5.46. The van der Waals surface area contributed by atoms with E-state index in [0.717, 1.165) is 12.1 Å². The third kappa shape index (κ3) is 4.65. The van der Waals surface area contributed by atoms with Crippen molar-refractivity contribution < 1.29 is 0 Å². The third-order valence-electron chi connectivity index (χ3n) is 2.29. The normalized spacial score (nSPS) is 9.12. The van der Waals surface area contributed by atoms with Gasteiger partial charge in [-0.25, -0.2) is 0 Å². The van der Waals surface area contributed by atoms with E-state index in [0.29, 0.717) is 0 Å². The Balaban J connectivity index is 0.000000160. The topological polar surface area (TPSA) is 26.0 Å². The molecule has 0 radical (unpaired) electrons. The second-order valence-corrected chi connectivity index (χ2v) is 3.75. The molecule has 84 valence electrons. The summed E-state index contributed by atoms with van der Waals surface area (Å²) in [4.78, 5) is 0. The van der Waals surface area contributed by atoms with Crippen molar-refractivity contribution in [2.24, 2.45) is 0 Å². The summed E-state index contributed by atoms with van der Waals surface area (Å²) in [7, 11) is 0. The fraction of sp³-hybridized carbons (Fsp3) is 0.200. The molecule has 0 amide bonds. The lowest BCUT2D eigenvalue weighted by Crippen LogP contribution is -1.82. The van der Waals surface area contributed by atoms with Gasteiger partial charge in [0.25, 0.3) is 0 Å². The minimum atomic E-state index is 0.838. The Hall–Kier alpha value is -1.76. The van der Waals surface area contributed by atoms with E-state index in [-0.39, 0.29) is 0 Å². The predicted octanol–water partition coefficient (Wildman–Crippen LogP) is 3.83. The molecular weight excluding hydrogens is 194 g/mol. The maximum absolute atomic E-state index is 5.46. The van der Waals surface area contributed by atoms with Crippen LogP contribution in [0.3, 0.4) is 0 Å². The third-order valence-corrected chi connectivity index (χ3v) is 2.29. The zero-order valence-corrected chi connectivity index (χ0v) is 9.98. The lowest BCUT2D eigenvalue weighted by atomic mass is 10.2. The van der Waals surface area contributed by atoms with Gasteiger partial charge in [0.15, 0.2) is 0 Å². The van der Waals surface area contributed by atoms with Gasteiger partial charge in [-0.1, -0.05) is 49.4 Å². The van der Waals surface area contributed by atoms with Crippen molar-refractivity contribution in [1.82, 2.24) is 0 Å². The zero-order chi connectivity index (χ0) is 11.8. The summed E-state index contributed by atoms with van der Waals surface area (Å²) in [5.74, 6) is 0. The van der Waals surface area contributed by atoms with Crippen molar-refractivity contribution in [1.29, 1.82) is 0 Å². The molecule has 16 heavy (non-hydrogen) atoms. The second kappa shape index (κ2) is 6.67. The second-order valence-electron chi connectivity index (χ2n) is 3.75. The highest BCUT2D eigenvalue weighted by molar-refractivity contribution is 5.39. The Morgan fingerprint density at radius 3 is 2.00 bits per heavy atom. The first-order valence-electron chi connectivity index (χ1n) is 5.58. The molecular formula is C15H19N. The van der Waals surface area contributed by atoms with Crippen molar-refractivity contribution in [3.63, 3.8) is 0 Å². The number of hydrogen-bond donors (Lipinski definition) is 1. The number of nitrogen functional groups attached to an aromatic ring is 1. The molecule has 2 rings (SSSR count). The highest BCUT2D eigenvalue weighted by Crippen LogP contribution is 2.03. The molecule has 0 spiro atoms. The van der Waals surface area contributed by atoms with Crippen LogP contribution in [-0.2, 0) is 6.42 Å². The molecule has 0 aliphatic carbocycles. The zero-order valence-electron chi connectivity index (χ0n) is 9.98.